The number of aromatic nitrogens is 4. The molecular weight excluding hydrogens is 240 g/mol. The van der Waals surface area contributed by atoms with Crippen molar-refractivity contribution in [2.75, 3.05) is 0 Å². The average Bonchev–Trinajstić information content (AvgIpc) is 2.79. The van der Waals surface area contributed by atoms with Gasteiger partial charge in [-0.3, -0.25) is 10.5 Å². The third-order valence-electron chi connectivity index (χ3n) is 3.14. The number of para-hydroxylation sites is 1. The zero-order chi connectivity index (χ0) is 13.2. The Balaban J connectivity index is 2.17. The summed E-state index contributed by atoms with van der Waals surface area (Å²) in [5.41, 5.74) is 5.60. The van der Waals surface area contributed by atoms with Crippen LogP contribution in [0.1, 0.15) is 17.3 Å². The lowest BCUT2D eigenvalue weighted by Crippen LogP contribution is -2.29. The number of nitrogens with one attached hydrogen (secondary N) is 1. The summed E-state index contributed by atoms with van der Waals surface area (Å²) < 4.78 is 1.85. The van der Waals surface area contributed by atoms with Crippen molar-refractivity contribution in [1.82, 2.24) is 25.2 Å². The molecule has 0 aliphatic rings. The zero-order valence-corrected chi connectivity index (χ0v) is 10.5. The van der Waals surface area contributed by atoms with Gasteiger partial charge in [-0.05, 0) is 6.07 Å². The van der Waals surface area contributed by atoms with Crippen LogP contribution in [0.25, 0.3) is 10.9 Å². The lowest BCUT2D eigenvalue weighted by Gasteiger charge is -2.13. The van der Waals surface area contributed by atoms with E-state index in [0.717, 1.165) is 22.2 Å². The number of nitrogens with two attached hydrogens (primary N) is 1. The largest absolute Gasteiger partial charge is 0.271 e. The van der Waals surface area contributed by atoms with E-state index >= 15 is 0 Å². The zero-order valence-electron chi connectivity index (χ0n) is 10.5. The van der Waals surface area contributed by atoms with E-state index in [2.05, 4.69) is 20.5 Å². The number of fused-ring (bicyclic) bond motifs is 1. The van der Waals surface area contributed by atoms with Gasteiger partial charge in [0.15, 0.2) is 0 Å². The summed E-state index contributed by atoms with van der Waals surface area (Å²) in [6, 6.07) is 7.81. The van der Waals surface area contributed by atoms with Gasteiger partial charge in [-0.15, -0.1) is 0 Å². The number of hydrogen-bond acceptors (Lipinski definition) is 5. The second-order valence-electron chi connectivity index (χ2n) is 4.30. The first kappa shape index (κ1) is 11.8. The summed E-state index contributed by atoms with van der Waals surface area (Å²) >= 11 is 0. The third kappa shape index (κ3) is 1.96. The molecule has 3 rings (SSSR count). The summed E-state index contributed by atoms with van der Waals surface area (Å²) in [5, 5.41) is 5.62. The molecule has 0 radical (unpaired) electrons. The van der Waals surface area contributed by atoms with Crippen molar-refractivity contribution < 1.29 is 0 Å². The molecule has 0 saturated carbocycles. The SMILES string of the molecule is Cn1nc(C(NN)c2cncnc2)c2ccccc21. The molecule has 19 heavy (non-hydrogen) atoms. The Kier molecular flexibility index (Phi) is 2.94. The van der Waals surface area contributed by atoms with Crippen LogP contribution < -0.4 is 11.3 Å². The first-order chi connectivity index (χ1) is 9.31. The fourth-order valence-corrected chi connectivity index (χ4v) is 2.25. The highest BCUT2D eigenvalue weighted by molar-refractivity contribution is 5.82. The highest BCUT2D eigenvalue weighted by atomic mass is 15.3. The molecule has 2 heterocycles. The molecule has 6 heteroatoms. The van der Waals surface area contributed by atoms with Gasteiger partial charge >= 0.3 is 0 Å². The van der Waals surface area contributed by atoms with Gasteiger partial charge in [0, 0.05) is 30.4 Å². The summed E-state index contributed by atoms with van der Waals surface area (Å²) in [4.78, 5) is 8.05. The smallest absolute Gasteiger partial charge is 0.115 e. The minimum Gasteiger partial charge on any atom is -0.271 e. The second kappa shape index (κ2) is 4.75. The van der Waals surface area contributed by atoms with Gasteiger partial charge in [-0.25, -0.2) is 15.4 Å². The van der Waals surface area contributed by atoms with Crippen LogP contribution in [-0.4, -0.2) is 19.7 Å². The van der Waals surface area contributed by atoms with E-state index in [9.17, 15) is 0 Å². The van der Waals surface area contributed by atoms with Crippen LogP contribution >= 0.6 is 0 Å². The lowest BCUT2D eigenvalue weighted by atomic mass is 10.0. The quantitative estimate of drug-likeness (QED) is 0.536. The molecule has 0 amide bonds. The third-order valence-corrected chi connectivity index (χ3v) is 3.14. The maximum Gasteiger partial charge on any atom is 0.115 e. The lowest BCUT2D eigenvalue weighted by molar-refractivity contribution is 0.604. The fraction of sp³-hybridized carbons (Fsp3) is 0.154. The Bertz CT molecular complexity index is 691. The predicted molar refractivity (Wildman–Crippen MR) is 71.9 cm³/mol. The van der Waals surface area contributed by atoms with Crippen molar-refractivity contribution in [3.05, 3.63) is 54.2 Å². The van der Waals surface area contributed by atoms with Crippen LogP contribution in [0.2, 0.25) is 0 Å². The van der Waals surface area contributed by atoms with Gasteiger partial charge in [0.2, 0.25) is 0 Å². The molecule has 0 bridgehead atoms. The first-order valence-electron chi connectivity index (χ1n) is 5.94. The molecule has 3 aromatic rings. The van der Waals surface area contributed by atoms with Gasteiger partial charge in [0.25, 0.3) is 0 Å². The molecule has 0 saturated heterocycles. The molecule has 6 nitrogen and oxygen atoms in total. The minimum atomic E-state index is -0.229. The van der Waals surface area contributed by atoms with Gasteiger partial charge in [-0.1, -0.05) is 18.2 Å². The van der Waals surface area contributed by atoms with Crippen LogP contribution in [0.15, 0.2) is 43.0 Å². The van der Waals surface area contributed by atoms with Crippen molar-refractivity contribution >= 4 is 10.9 Å². The Labute approximate surface area is 110 Å². The molecule has 0 aliphatic carbocycles. The molecule has 0 aliphatic heterocycles. The molecule has 0 fully saturated rings. The monoisotopic (exact) mass is 254 g/mol. The Morgan fingerprint density at radius 2 is 1.95 bits per heavy atom. The molecule has 2 aromatic heterocycles. The van der Waals surface area contributed by atoms with E-state index in [-0.39, 0.29) is 6.04 Å². The van der Waals surface area contributed by atoms with E-state index in [1.54, 1.807) is 12.4 Å². The highest BCUT2D eigenvalue weighted by Crippen LogP contribution is 2.26. The summed E-state index contributed by atoms with van der Waals surface area (Å²) in [7, 11) is 1.92. The Morgan fingerprint density at radius 1 is 1.21 bits per heavy atom. The van der Waals surface area contributed by atoms with Crippen molar-refractivity contribution in [2.24, 2.45) is 12.9 Å². The minimum absolute atomic E-state index is 0.229. The second-order valence-corrected chi connectivity index (χ2v) is 4.30. The molecule has 1 unspecified atom stereocenters. The standard InChI is InChI=1S/C13H14N6/c1-19-11-5-3-2-4-10(11)13(18-19)12(17-14)9-6-15-8-16-7-9/h2-8,12,17H,14H2,1H3. The number of rotatable bonds is 3. The normalized spacial score (nSPS) is 12.7. The molecule has 0 spiro atoms. The maximum absolute atomic E-state index is 5.68. The Morgan fingerprint density at radius 3 is 2.68 bits per heavy atom. The Hall–Kier alpha value is -2.31. The number of hydrogen-bond donors (Lipinski definition) is 2. The number of nitrogens with zero attached hydrogens (tertiary/aromatic N) is 4. The topological polar surface area (TPSA) is 81.7 Å². The highest BCUT2D eigenvalue weighted by Gasteiger charge is 2.19. The molecule has 1 aromatic carbocycles. The number of aryl methyl sites for hydroxylation is 1. The molecule has 1 atom stereocenters. The molecule has 96 valence electrons. The van der Waals surface area contributed by atoms with Crippen molar-refractivity contribution in [2.45, 2.75) is 6.04 Å². The van der Waals surface area contributed by atoms with Gasteiger partial charge in [0.1, 0.15) is 6.33 Å². The molecular formula is C13H14N6. The summed E-state index contributed by atoms with van der Waals surface area (Å²) in [6.07, 6.45) is 4.97. The van der Waals surface area contributed by atoms with Crippen LogP contribution in [-0.2, 0) is 7.05 Å². The average molecular weight is 254 g/mol. The van der Waals surface area contributed by atoms with Crippen LogP contribution in [0, 0.1) is 0 Å². The predicted octanol–water partition coefficient (Wildman–Crippen LogP) is 0.916. The van der Waals surface area contributed by atoms with E-state index in [1.165, 1.54) is 6.33 Å². The van der Waals surface area contributed by atoms with Crippen LogP contribution in [0.4, 0.5) is 0 Å². The number of hydrazine groups is 1. The van der Waals surface area contributed by atoms with Crippen molar-refractivity contribution in [3.63, 3.8) is 0 Å². The first-order valence-corrected chi connectivity index (χ1v) is 5.94. The van der Waals surface area contributed by atoms with Crippen LogP contribution in [0.3, 0.4) is 0 Å². The summed E-state index contributed by atoms with van der Waals surface area (Å²) in [6.45, 7) is 0. The van der Waals surface area contributed by atoms with E-state index in [0.29, 0.717) is 0 Å². The maximum atomic E-state index is 5.68. The van der Waals surface area contributed by atoms with Gasteiger partial charge in [0.05, 0.1) is 17.3 Å². The van der Waals surface area contributed by atoms with Gasteiger partial charge < -0.3 is 0 Å². The fourth-order valence-electron chi connectivity index (χ4n) is 2.25. The van der Waals surface area contributed by atoms with E-state index in [4.69, 9.17) is 5.84 Å². The van der Waals surface area contributed by atoms with E-state index in [1.807, 2.05) is 36.0 Å². The van der Waals surface area contributed by atoms with E-state index < -0.39 is 0 Å². The van der Waals surface area contributed by atoms with Gasteiger partial charge in [-0.2, -0.15) is 5.10 Å². The molecule has 3 N–H and O–H groups in total. The van der Waals surface area contributed by atoms with Crippen LogP contribution in [0.5, 0.6) is 0 Å². The number of benzene rings is 1. The van der Waals surface area contributed by atoms with Crippen molar-refractivity contribution in [1.29, 1.82) is 0 Å². The summed E-state index contributed by atoms with van der Waals surface area (Å²) in [5.74, 6) is 5.68. The van der Waals surface area contributed by atoms with Crippen molar-refractivity contribution in [3.8, 4) is 0 Å².